The normalized spacial score (nSPS) is 22.3. The Bertz CT molecular complexity index is 780. The molecule has 3 N–H and O–H groups in total. The Kier molecular flexibility index (Phi) is 6.59. The van der Waals surface area contributed by atoms with Crippen molar-refractivity contribution in [2.45, 2.75) is 18.3 Å². The van der Waals surface area contributed by atoms with Crippen molar-refractivity contribution in [3.05, 3.63) is 27.6 Å². The zero-order valence-corrected chi connectivity index (χ0v) is 16.2. The Morgan fingerprint density at radius 3 is 2.59 bits per heavy atom. The Morgan fingerprint density at radius 1 is 1.41 bits per heavy atom. The lowest BCUT2D eigenvalue weighted by molar-refractivity contribution is -0.150. The molecule has 2 atom stereocenters. The van der Waals surface area contributed by atoms with Gasteiger partial charge in [0.1, 0.15) is 29.5 Å². The number of hydrogen-bond acceptors (Lipinski definition) is 9. The Morgan fingerprint density at radius 2 is 2.07 bits per heavy atom. The van der Waals surface area contributed by atoms with E-state index >= 15 is 0 Å². The third kappa shape index (κ3) is 4.13. The zero-order valence-electron chi connectivity index (χ0n) is 13.8. The van der Waals surface area contributed by atoms with Gasteiger partial charge in [-0.1, -0.05) is 15.9 Å². The maximum Gasteiger partial charge on any atom is 0.352 e. The lowest BCUT2D eigenvalue weighted by atomic mass is 10.0. The first-order valence-corrected chi connectivity index (χ1v) is 9.55. The number of thioether (sulfide) groups is 1. The molecule has 0 aromatic carbocycles. The van der Waals surface area contributed by atoms with E-state index in [0.717, 1.165) is 16.7 Å². The Hall–Kier alpha value is -2.41. The molecule has 2 aliphatic heterocycles. The summed E-state index contributed by atoms with van der Waals surface area (Å²) in [4.78, 5) is 58.7. The summed E-state index contributed by atoms with van der Waals surface area (Å²) in [6, 6.07) is -1.09. The van der Waals surface area contributed by atoms with Crippen LogP contribution in [0.1, 0.15) is 6.92 Å². The average Bonchev–Trinajstić information content (AvgIpc) is 2.63. The second-order valence-corrected chi connectivity index (χ2v) is 7.08. The predicted octanol–water partition coefficient (Wildman–Crippen LogP) is 0.219. The van der Waals surface area contributed by atoms with Gasteiger partial charge in [-0.2, -0.15) is 0 Å². The molecule has 0 spiro atoms. The summed E-state index contributed by atoms with van der Waals surface area (Å²) >= 11 is 4.03. The molecule has 0 saturated carbocycles. The van der Waals surface area contributed by atoms with E-state index in [0.29, 0.717) is 0 Å². The number of halogens is 1. The van der Waals surface area contributed by atoms with E-state index < -0.39 is 46.6 Å². The van der Waals surface area contributed by atoms with Gasteiger partial charge in [-0.15, -0.1) is 16.7 Å². The average molecular weight is 464 g/mol. The van der Waals surface area contributed by atoms with Crippen LogP contribution >= 0.6 is 27.7 Å². The molecule has 1 unspecified atom stereocenters. The number of aliphatic hydroxyl groups excluding tert-OH is 1. The molecule has 0 aliphatic carbocycles. The molecule has 0 aromatic rings. The largest absolute Gasteiger partial charge is 0.509 e. The van der Waals surface area contributed by atoms with E-state index in [9.17, 15) is 34.3 Å². The number of nitrogens with one attached hydrogen (secondary N) is 1. The molecule has 2 rings (SSSR count). The van der Waals surface area contributed by atoms with Crippen LogP contribution < -0.4 is 5.32 Å². The molecule has 2 heterocycles. The van der Waals surface area contributed by atoms with Crippen molar-refractivity contribution in [3.63, 3.8) is 0 Å². The van der Waals surface area contributed by atoms with Crippen molar-refractivity contribution in [2.75, 3.05) is 17.7 Å². The highest BCUT2D eigenvalue weighted by Gasteiger charge is 2.54. The summed E-state index contributed by atoms with van der Waals surface area (Å²) in [6.45, 7) is 0.910. The predicted molar refractivity (Wildman–Crippen MR) is 95.6 cm³/mol. The zero-order chi connectivity index (χ0) is 20.3. The number of nitrogens with zero attached hydrogens (tertiary/aromatic N) is 2. The molecule has 0 radical (unpaired) electrons. The number of carboxylic acid groups (broad SMARTS) is 1. The molecule has 13 heteroatoms. The summed E-state index contributed by atoms with van der Waals surface area (Å²) in [5, 5.41) is 22.7. The maximum atomic E-state index is 12.4. The van der Waals surface area contributed by atoms with Gasteiger partial charge in [0.05, 0.1) is 5.33 Å². The number of hydrogen-bond donors (Lipinski definition) is 3. The standard InChI is InChI=1S/C14H14BrN3O8S/c1-5(19)26-3-6-4-27-13-9(12(22)18(13)10(6)14(23)24)16-11(21)8(17-25)7(20)2-15/h9,13,20H,2-4H2,1H3,(H,16,21)(H,23,24)/t9?,13-/m1/s1. The lowest BCUT2D eigenvalue weighted by Crippen LogP contribution is -2.70. The maximum absolute atomic E-state index is 12.4. The highest BCUT2D eigenvalue weighted by atomic mass is 79.9. The van der Waals surface area contributed by atoms with E-state index in [-0.39, 0.29) is 29.0 Å². The number of fused-ring (bicyclic) bond motifs is 1. The fourth-order valence-electron chi connectivity index (χ4n) is 2.48. The fraction of sp³-hybridized carbons (Fsp3) is 0.429. The molecule has 27 heavy (non-hydrogen) atoms. The van der Waals surface area contributed by atoms with Crippen LogP contribution in [0, 0.1) is 4.91 Å². The molecule has 2 aliphatic rings. The number of rotatable bonds is 7. The van der Waals surface area contributed by atoms with Crippen molar-refractivity contribution in [3.8, 4) is 0 Å². The summed E-state index contributed by atoms with van der Waals surface area (Å²) in [6.07, 6.45) is 0. The number of carbonyl (C=O) groups excluding carboxylic acids is 3. The molecular formula is C14H14BrN3O8S. The number of amides is 2. The first-order chi connectivity index (χ1) is 12.7. The molecule has 11 nitrogen and oxygen atoms in total. The topological polar surface area (TPSA) is 163 Å². The first kappa shape index (κ1) is 20.9. The van der Waals surface area contributed by atoms with Crippen LogP contribution in [-0.4, -0.2) is 68.0 Å². The molecule has 0 aromatic heterocycles. The molecular weight excluding hydrogens is 450 g/mol. The second-order valence-electron chi connectivity index (χ2n) is 5.42. The number of β-lactam (4-membered cyclic amide) rings is 1. The number of carbonyl (C=O) groups is 4. The number of aliphatic hydroxyl groups is 1. The Balaban J connectivity index is 2.20. The SMILES string of the molecule is CC(=O)OCC1=C(C(=O)O)N2C(=O)C(NC(=O)C(N=O)=C(O)CBr)[C@H]2SC1. The highest BCUT2D eigenvalue weighted by Crippen LogP contribution is 2.40. The summed E-state index contributed by atoms with van der Waals surface area (Å²) in [5.74, 6) is -4.15. The van der Waals surface area contributed by atoms with E-state index in [2.05, 4.69) is 26.4 Å². The number of aliphatic carboxylic acids is 1. The highest BCUT2D eigenvalue weighted by molar-refractivity contribution is 9.09. The Labute approximate surface area is 164 Å². The van der Waals surface area contributed by atoms with Gasteiger partial charge >= 0.3 is 11.9 Å². The quantitative estimate of drug-likeness (QED) is 0.119. The smallest absolute Gasteiger partial charge is 0.352 e. The van der Waals surface area contributed by atoms with Gasteiger partial charge in [0.2, 0.25) is 5.70 Å². The van der Waals surface area contributed by atoms with Gasteiger partial charge in [-0.3, -0.25) is 19.3 Å². The molecule has 1 saturated heterocycles. The van der Waals surface area contributed by atoms with E-state index in [1.165, 1.54) is 6.92 Å². The van der Waals surface area contributed by atoms with Crippen LogP contribution in [0.15, 0.2) is 27.9 Å². The molecule has 0 bridgehead atoms. The van der Waals surface area contributed by atoms with Gasteiger partial charge in [0.25, 0.3) is 11.8 Å². The third-order valence-electron chi connectivity index (χ3n) is 3.69. The number of alkyl halides is 1. The van der Waals surface area contributed by atoms with Gasteiger partial charge in [-0.25, -0.2) is 4.79 Å². The number of esters is 1. The minimum atomic E-state index is -1.37. The van der Waals surface area contributed by atoms with Crippen LogP contribution in [0.3, 0.4) is 0 Å². The van der Waals surface area contributed by atoms with Crippen molar-refractivity contribution in [2.24, 2.45) is 5.18 Å². The first-order valence-electron chi connectivity index (χ1n) is 7.38. The summed E-state index contributed by atoms with van der Waals surface area (Å²) < 4.78 is 4.81. The summed E-state index contributed by atoms with van der Waals surface area (Å²) in [7, 11) is 0. The number of nitroso groups, excluding NO2 is 1. The van der Waals surface area contributed by atoms with Crippen molar-refractivity contribution in [1.82, 2.24) is 10.2 Å². The van der Waals surface area contributed by atoms with Crippen molar-refractivity contribution < 1.29 is 34.1 Å². The molecule has 2 amide bonds. The van der Waals surface area contributed by atoms with Gasteiger partial charge < -0.3 is 20.3 Å². The van der Waals surface area contributed by atoms with Crippen LogP contribution in [0.5, 0.6) is 0 Å². The summed E-state index contributed by atoms with van der Waals surface area (Å²) in [5.41, 5.74) is -0.823. The minimum Gasteiger partial charge on any atom is -0.509 e. The van der Waals surface area contributed by atoms with Crippen LogP contribution in [-0.2, 0) is 23.9 Å². The van der Waals surface area contributed by atoms with Crippen LogP contribution in [0.2, 0.25) is 0 Å². The van der Waals surface area contributed by atoms with Gasteiger partial charge in [0, 0.05) is 18.2 Å². The third-order valence-corrected chi connectivity index (χ3v) is 5.56. The molecule has 146 valence electrons. The van der Waals surface area contributed by atoms with E-state index in [1.807, 2.05) is 0 Å². The molecule has 1 fully saturated rings. The lowest BCUT2D eigenvalue weighted by Gasteiger charge is -2.49. The monoisotopic (exact) mass is 463 g/mol. The fourth-order valence-corrected chi connectivity index (χ4v) is 4.07. The van der Waals surface area contributed by atoms with E-state index in [1.54, 1.807) is 0 Å². The number of ether oxygens (including phenoxy) is 1. The van der Waals surface area contributed by atoms with Crippen LogP contribution in [0.25, 0.3) is 0 Å². The van der Waals surface area contributed by atoms with E-state index in [4.69, 9.17) is 4.74 Å². The van der Waals surface area contributed by atoms with Crippen molar-refractivity contribution in [1.29, 1.82) is 0 Å². The minimum absolute atomic E-state index is 0.164. The van der Waals surface area contributed by atoms with Gasteiger partial charge in [-0.05, 0) is 5.18 Å². The number of carboxylic acids is 1. The van der Waals surface area contributed by atoms with Gasteiger partial charge in [0.15, 0.2) is 0 Å². The van der Waals surface area contributed by atoms with Crippen molar-refractivity contribution >= 4 is 51.4 Å². The number of allylic oxidation sites excluding steroid dienone is 1. The second kappa shape index (κ2) is 8.52. The van der Waals surface area contributed by atoms with Crippen LogP contribution in [0.4, 0.5) is 0 Å².